The van der Waals surface area contributed by atoms with Crippen LogP contribution in [-0.2, 0) is 11.8 Å². The van der Waals surface area contributed by atoms with Crippen molar-refractivity contribution in [3.05, 3.63) is 40.1 Å². The molecule has 0 saturated heterocycles. The van der Waals surface area contributed by atoms with Crippen LogP contribution in [0.15, 0.2) is 28.7 Å². The highest BCUT2D eigenvalue weighted by Gasteiger charge is 2.12. The molecule has 1 aromatic carbocycles. The van der Waals surface area contributed by atoms with Crippen LogP contribution in [-0.4, -0.2) is 22.2 Å². The lowest BCUT2D eigenvalue weighted by atomic mass is 10.3. The lowest BCUT2D eigenvalue weighted by molar-refractivity contribution is -0.114. The smallest absolute Gasteiger partial charge is 0.243 e. The van der Waals surface area contributed by atoms with Gasteiger partial charge in [-0.25, -0.2) is 0 Å². The van der Waals surface area contributed by atoms with E-state index in [1.54, 1.807) is 4.68 Å². The molecule has 0 radical (unpaired) electrons. The van der Waals surface area contributed by atoms with Gasteiger partial charge in [0.05, 0.1) is 23.6 Å². The molecular formula is C14H17BrN4O. The first kappa shape index (κ1) is 14.6. The van der Waals surface area contributed by atoms with Crippen molar-refractivity contribution >= 4 is 33.2 Å². The van der Waals surface area contributed by atoms with Gasteiger partial charge in [0, 0.05) is 17.2 Å². The molecule has 0 aliphatic heterocycles. The van der Waals surface area contributed by atoms with Crippen LogP contribution in [0.4, 0.5) is 11.4 Å². The summed E-state index contributed by atoms with van der Waals surface area (Å²) < 4.78 is 2.69. The van der Waals surface area contributed by atoms with E-state index in [0.717, 1.165) is 27.2 Å². The zero-order chi connectivity index (χ0) is 14.7. The number of carbonyl (C=O) groups is 1. The van der Waals surface area contributed by atoms with Crippen molar-refractivity contribution in [3.8, 4) is 0 Å². The monoisotopic (exact) mass is 336 g/mol. The van der Waals surface area contributed by atoms with Crippen LogP contribution in [0.25, 0.3) is 0 Å². The Morgan fingerprint density at radius 2 is 2.05 bits per heavy atom. The minimum atomic E-state index is -0.0973. The van der Waals surface area contributed by atoms with Gasteiger partial charge in [-0.2, -0.15) is 5.10 Å². The molecule has 1 aromatic heterocycles. The maximum atomic E-state index is 12.0. The van der Waals surface area contributed by atoms with Crippen molar-refractivity contribution in [2.24, 2.45) is 7.05 Å². The number of amides is 1. The molecule has 2 aromatic rings. The second-order valence-corrected chi connectivity index (χ2v) is 5.41. The molecule has 1 amide bonds. The largest absolute Gasteiger partial charge is 0.375 e. The van der Waals surface area contributed by atoms with Gasteiger partial charge in [0.15, 0.2) is 0 Å². The number of benzene rings is 1. The van der Waals surface area contributed by atoms with E-state index in [1.807, 2.05) is 45.2 Å². The molecule has 20 heavy (non-hydrogen) atoms. The van der Waals surface area contributed by atoms with Crippen molar-refractivity contribution in [2.45, 2.75) is 13.8 Å². The van der Waals surface area contributed by atoms with Gasteiger partial charge in [-0.3, -0.25) is 9.48 Å². The first-order valence-corrected chi connectivity index (χ1v) is 7.06. The number of anilines is 2. The van der Waals surface area contributed by atoms with Crippen LogP contribution in [0.3, 0.4) is 0 Å². The van der Waals surface area contributed by atoms with Gasteiger partial charge in [0.25, 0.3) is 0 Å². The molecule has 0 aliphatic carbocycles. The molecule has 0 aliphatic rings. The van der Waals surface area contributed by atoms with E-state index in [2.05, 4.69) is 31.7 Å². The quantitative estimate of drug-likeness (QED) is 0.902. The number of nitrogens with one attached hydrogen (secondary N) is 2. The number of hydrogen-bond donors (Lipinski definition) is 2. The maximum Gasteiger partial charge on any atom is 0.243 e. The van der Waals surface area contributed by atoms with E-state index in [4.69, 9.17) is 0 Å². The van der Waals surface area contributed by atoms with Crippen LogP contribution in [0, 0.1) is 13.8 Å². The summed E-state index contributed by atoms with van der Waals surface area (Å²) in [5.41, 5.74) is 3.43. The molecule has 6 heteroatoms. The highest BCUT2D eigenvalue weighted by Crippen LogP contribution is 2.21. The molecule has 2 rings (SSSR count). The second kappa shape index (κ2) is 6.09. The number of para-hydroxylation sites is 1. The number of halogens is 1. The van der Waals surface area contributed by atoms with E-state index in [1.165, 1.54) is 0 Å². The van der Waals surface area contributed by atoms with Crippen LogP contribution >= 0.6 is 15.9 Å². The molecule has 106 valence electrons. The Morgan fingerprint density at radius 1 is 1.35 bits per heavy atom. The third-order valence-corrected chi connectivity index (χ3v) is 3.78. The Hall–Kier alpha value is -1.82. The van der Waals surface area contributed by atoms with Crippen molar-refractivity contribution in [2.75, 3.05) is 17.2 Å². The zero-order valence-corrected chi connectivity index (χ0v) is 13.3. The van der Waals surface area contributed by atoms with E-state index >= 15 is 0 Å². The van der Waals surface area contributed by atoms with Gasteiger partial charge in [-0.05, 0) is 41.9 Å². The lowest BCUT2D eigenvalue weighted by Gasteiger charge is -2.09. The third-order valence-electron chi connectivity index (χ3n) is 3.09. The minimum absolute atomic E-state index is 0.0973. The van der Waals surface area contributed by atoms with Crippen molar-refractivity contribution in [3.63, 3.8) is 0 Å². The molecule has 2 N–H and O–H groups in total. The predicted molar refractivity (Wildman–Crippen MR) is 83.9 cm³/mol. The van der Waals surface area contributed by atoms with Crippen molar-refractivity contribution in [1.82, 2.24) is 9.78 Å². The highest BCUT2D eigenvalue weighted by molar-refractivity contribution is 9.10. The summed E-state index contributed by atoms with van der Waals surface area (Å²) in [7, 11) is 1.86. The maximum absolute atomic E-state index is 12.0. The summed E-state index contributed by atoms with van der Waals surface area (Å²) in [6.07, 6.45) is 0. The molecule has 0 spiro atoms. The molecule has 0 atom stereocenters. The number of aryl methyl sites for hydroxylation is 2. The summed E-state index contributed by atoms with van der Waals surface area (Å²) in [6.45, 7) is 4.01. The Morgan fingerprint density at radius 3 is 2.65 bits per heavy atom. The standard InChI is InChI=1S/C14H17BrN4O/c1-9-14(10(2)19(3)18-9)17-13(20)8-16-12-7-5-4-6-11(12)15/h4-7,16H,8H2,1-3H3,(H,17,20). The Kier molecular flexibility index (Phi) is 4.44. The van der Waals surface area contributed by atoms with Crippen molar-refractivity contribution < 1.29 is 4.79 Å². The Bertz CT molecular complexity index is 636. The average Bonchev–Trinajstić information content (AvgIpc) is 2.64. The number of nitrogens with zero attached hydrogens (tertiary/aromatic N) is 2. The second-order valence-electron chi connectivity index (χ2n) is 4.55. The molecule has 1 heterocycles. The zero-order valence-electron chi connectivity index (χ0n) is 11.7. The van der Waals surface area contributed by atoms with Crippen LogP contribution < -0.4 is 10.6 Å². The van der Waals surface area contributed by atoms with Crippen LogP contribution in [0.1, 0.15) is 11.4 Å². The van der Waals surface area contributed by atoms with Gasteiger partial charge < -0.3 is 10.6 Å². The van der Waals surface area contributed by atoms with Crippen molar-refractivity contribution in [1.29, 1.82) is 0 Å². The normalized spacial score (nSPS) is 10.4. The summed E-state index contributed by atoms with van der Waals surface area (Å²) in [5, 5.41) is 10.3. The first-order valence-electron chi connectivity index (χ1n) is 6.27. The van der Waals surface area contributed by atoms with Gasteiger partial charge in [0.2, 0.25) is 5.91 Å². The van der Waals surface area contributed by atoms with Crippen LogP contribution in [0.2, 0.25) is 0 Å². The van der Waals surface area contributed by atoms with E-state index in [0.29, 0.717) is 0 Å². The molecule has 0 unspecified atom stereocenters. The first-order chi connectivity index (χ1) is 9.49. The molecule has 5 nitrogen and oxygen atoms in total. The average molecular weight is 337 g/mol. The van der Waals surface area contributed by atoms with Gasteiger partial charge in [-0.15, -0.1) is 0 Å². The summed E-state index contributed by atoms with van der Waals surface area (Å²) in [4.78, 5) is 12.0. The summed E-state index contributed by atoms with van der Waals surface area (Å²) in [6, 6.07) is 7.69. The third kappa shape index (κ3) is 3.19. The highest BCUT2D eigenvalue weighted by atomic mass is 79.9. The van der Waals surface area contributed by atoms with Crippen LogP contribution in [0.5, 0.6) is 0 Å². The van der Waals surface area contributed by atoms with Gasteiger partial charge in [-0.1, -0.05) is 12.1 Å². The Balaban J connectivity index is 1.98. The predicted octanol–water partition coefficient (Wildman–Crippen LogP) is 2.85. The molecule has 0 bridgehead atoms. The van der Waals surface area contributed by atoms with E-state index in [9.17, 15) is 4.79 Å². The van der Waals surface area contributed by atoms with Gasteiger partial charge in [0.1, 0.15) is 0 Å². The fourth-order valence-electron chi connectivity index (χ4n) is 1.92. The molecule has 0 saturated carbocycles. The summed E-state index contributed by atoms with van der Waals surface area (Å²) in [5.74, 6) is -0.0973. The Labute approximate surface area is 126 Å². The fraction of sp³-hybridized carbons (Fsp3) is 0.286. The van der Waals surface area contributed by atoms with Gasteiger partial charge >= 0.3 is 0 Å². The lowest BCUT2D eigenvalue weighted by Crippen LogP contribution is -2.22. The number of aromatic nitrogens is 2. The number of rotatable bonds is 4. The van der Waals surface area contributed by atoms with E-state index < -0.39 is 0 Å². The fourth-order valence-corrected chi connectivity index (χ4v) is 2.34. The molecular weight excluding hydrogens is 320 g/mol. The SMILES string of the molecule is Cc1nn(C)c(C)c1NC(=O)CNc1ccccc1Br. The topological polar surface area (TPSA) is 59.0 Å². The number of hydrogen-bond acceptors (Lipinski definition) is 3. The minimum Gasteiger partial charge on any atom is -0.375 e. The molecule has 0 fully saturated rings. The summed E-state index contributed by atoms with van der Waals surface area (Å²) >= 11 is 3.43. The number of carbonyl (C=O) groups excluding carboxylic acids is 1. The van der Waals surface area contributed by atoms with E-state index in [-0.39, 0.29) is 12.5 Å².